The zero-order valence-electron chi connectivity index (χ0n) is 15.0. The van der Waals surface area contributed by atoms with E-state index in [1.807, 2.05) is 0 Å². The number of carbonyl (C=O) groups is 4. The van der Waals surface area contributed by atoms with Crippen LogP contribution in [0.25, 0.3) is 0 Å². The first-order chi connectivity index (χ1) is 12.7. The first-order valence-corrected chi connectivity index (χ1v) is 8.60. The summed E-state index contributed by atoms with van der Waals surface area (Å²) in [5.74, 6) is -2.32. The number of hydrogen-bond acceptors (Lipinski definition) is 5. The predicted octanol–water partition coefficient (Wildman–Crippen LogP) is 1.42. The molecule has 4 amide bonds. The van der Waals surface area contributed by atoms with Crippen LogP contribution in [0.3, 0.4) is 0 Å². The van der Waals surface area contributed by atoms with E-state index in [9.17, 15) is 23.6 Å². The molecule has 0 aromatic heterocycles. The first-order valence-electron chi connectivity index (χ1n) is 8.60. The van der Waals surface area contributed by atoms with Crippen molar-refractivity contribution in [2.24, 2.45) is 5.92 Å². The average molecular weight is 377 g/mol. The van der Waals surface area contributed by atoms with Crippen molar-refractivity contribution >= 4 is 29.5 Å². The molecule has 1 heterocycles. The number of halogens is 1. The van der Waals surface area contributed by atoms with Gasteiger partial charge in [0.05, 0.1) is 0 Å². The third-order valence-electron chi connectivity index (χ3n) is 4.77. The average Bonchev–Trinajstić information content (AvgIpc) is 3.43. The van der Waals surface area contributed by atoms with Crippen molar-refractivity contribution in [1.82, 2.24) is 10.2 Å². The maximum absolute atomic E-state index is 12.9. The lowest BCUT2D eigenvalue weighted by molar-refractivity contribution is -0.155. The van der Waals surface area contributed by atoms with Gasteiger partial charge in [-0.3, -0.25) is 19.3 Å². The fourth-order valence-electron chi connectivity index (χ4n) is 2.99. The molecule has 1 aromatic carbocycles. The summed E-state index contributed by atoms with van der Waals surface area (Å²) in [5.41, 5.74) is -0.637. The largest absolute Gasteiger partial charge is 0.451 e. The number of carbonyl (C=O) groups excluding carboxylic acids is 4. The van der Waals surface area contributed by atoms with Gasteiger partial charge in [-0.05, 0) is 56.9 Å². The van der Waals surface area contributed by atoms with E-state index in [0.29, 0.717) is 5.69 Å². The van der Waals surface area contributed by atoms with Gasteiger partial charge in [0.1, 0.15) is 17.9 Å². The van der Waals surface area contributed by atoms with Crippen LogP contribution in [0.1, 0.15) is 26.7 Å². The molecule has 0 bridgehead atoms. The maximum Gasteiger partial charge on any atom is 0.327 e. The van der Waals surface area contributed by atoms with E-state index < -0.39 is 47.8 Å². The second-order valence-electron chi connectivity index (χ2n) is 6.93. The molecule has 0 spiro atoms. The van der Waals surface area contributed by atoms with Crippen LogP contribution in [0, 0.1) is 11.7 Å². The molecule has 27 heavy (non-hydrogen) atoms. The Morgan fingerprint density at radius 2 is 1.96 bits per heavy atom. The lowest BCUT2D eigenvalue weighted by Gasteiger charge is -2.21. The Morgan fingerprint density at radius 3 is 2.56 bits per heavy atom. The van der Waals surface area contributed by atoms with Crippen LogP contribution in [0.4, 0.5) is 14.9 Å². The fraction of sp³-hybridized carbons (Fsp3) is 0.444. The Hall–Kier alpha value is -2.97. The minimum Gasteiger partial charge on any atom is -0.451 e. The minimum absolute atomic E-state index is 0.0791. The van der Waals surface area contributed by atoms with E-state index in [-0.39, 0.29) is 5.92 Å². The Morgan fingerprint density at radius 1 is 1.33 bits per heavy atom. The van der Waals surface area contributed by atoms with Gasteiger partial charge in [-0.25, -0.2) is 9.18 Å². The van der Waals surface area contributed by atoms with Crippen molar-refractivity contribution in [2.45, 2.75) is 38.3 Å². The van der Waals surface area contributed by atoms with Gasteiger partial charge in [0.2, 0.25) is 0 Å². The minimum atomic E-state index is -1.15. The highest BCUT2D eigenvalue weighted by Gasteiger charge is 2.56. The predicted molar refractivity (Wildman–Crippen MR) is 92.0 cm³/mol. The van der Waals surface area contributed by atoms with Crippen molar-refractivity contribution in [1.29, 1.82) is 0 Å². The number of hydrogen-bond donors (Lipinski definition) is 2. The lowest BCUT2D eigenvalue weighted by Crippen LogP contribution is -2.46. The highest BCUT2D eigenvalue weighted by atomic mass is 19.1. The number of nitrogens with zero attached hydrogens (tertiary/aromatic N) is 1. The van der Waals surface area contributed by atoms with Crippen LogP contribution in [0.15, 0.2) is 24.3 Å². The molecule has 1 saturated heterocycles. The van der Waals surface area contributed by atoms with E-state index in [1.165, 1.54) is 31.2 Å². The smallest absolute Gasteiger partial charge is 0.327 e. The summed E-state index contributed by atoms with van der Waals surface area (Å²) in [6.07, 6.45) is 0.543. The van der Waals surface area contributed by atoms with Gasteiger partial charge in [0.15, 0.2) is 6.10 Å². The number of benzene rings is 1. The summed E-state index contributed by atoms with van der Waals surface area (Å²) in [6, 6.07) is 4.46. The maximum atomic E-state index is 12.9. The summed E-state index contributed by atoms with van der Waals surface area (Å²) < 4.78 is 17.9. The highest BCUT2D eigenvalue weighted by Crippen LogP contribution is 2.42. The van der Waals surface area contributed by atoms with Crippen LogP contribution in [-0.2, 0) is 19.1 Å². The molecule has 9 heteroatoms. The molecule has 2 fully saturated rings. The highest BCUT2D eigenvalue weighted by molar-refractivity contribution is 6.09. The van der Waals surface area contributed by atoms with Gasteiger partial charge in [0.25, 0.3) is 11.8 Å². The van der Waals surface area contributed by atoms with Crippen molar-refractivity contribution in [3.63, 3.8) is 0 Å². The molecule has 2 atom stereocenters. The number of rotatable bonds is 6. The van der Waals surface area contributed by atoms with Crippen LogP contribution >= 0.6 is 0 Å². The molecular weight excluding hydrogens is 357 g/mol. The molecule has 2 aliphatic rings. The standard InChI is InChI=1S/C18H20FN3O5/c1-10(15(24)20-13-7-5-12(19)6-8-13)27-14(23)9-22-16(25)18(2,11-3-4-11)21-17(22)26/h5-8,10-11H,3-4,9H2,1-2H3,(H,20,24)(H,21,26)/t10-,18+/m0/s1. The Balaban J connectivity index is 1.54. The second kappa shape index (κ2) is 6.98. The molecule has 144 valence electrons. The molecule has 2 N–H and O–H groups in total. The topological polar surface area (TPSA) is 105 Å². The van der Waals surface area contributed by atoms with Gasteiger partial charge in [-0.1, -0.05) is 0 Å². The van der Waals surface area contributed by atoms with Gasteiger partial charge in [0, 0.05) is 5.69 Å². The van der Waals surface area contributed by atoms with E-state index in [1.54, 1.807) is 6.92 Å². The third kappa shape index (κ3) is 3.91. The lowest BCUT2D eigenvalue weighted by atomic mass is 9.96. The van der Waals surface area contributed by atoms with Crippen molar-refractivity contribution in [3.05, 3.63) is 30.1 Å². The molecule has 1 saturated carbocycles. The summed E-state index contributed by atoms with van der Waals surface area (Å²) in [6.45, 7) is 2.44. The number of esters is 1. The van der Waals surface area contributed by atoms with E-state index in [4.69, 9.17) is 4.74 Å². The normalized spacial score (nSPS) is 23.0. The summed E-state index contributed by atoms with van der Waals surface area (Å²) in [5, 5.41) is 5.11. The van der Waals surface area contributed by atoms with Crippen LogP contribution in [-0.4, -0.2) is 46.9 Å². The number of anilines is 1. The Kier molecular flexibility index (Phi) is 4.86. The molecule has 8 nitrogen and oxygen atoms in total. The number of amides is 4. The van der Waals surface area contributed by atoms with Gasteiger partial charge < -0.3 is 15.4 Å². The number of imide groups is 1. The van der Waals surface area contributed by atoms with E-state index in [2.05, 4.69) is 10.6 Å². The first kappa shape index (κ1) is 18.8. The Bertz CT molecular complexity index is 793. The number of urea groups is 1. The van der Waals surface area contributed by atoms with Gasteiger partial charge >= 0.3 is 12.0 Å². The van der Waals surface area contributed by atoms with Crippen molar-refractivity contribution < 1.29 is 28.3 Å². The zero-order chi connectivity index (χ0) is 19.8. The Labute approximate surface area is 155 Å². The molecule has 0 radical (unpaired) electrons. The summed E-state index contributed by atoms with van der Waals surface area (Å²) in [4.78, 5) is 49.4. The van der Waals surface area contributed by atoms with Gasteiger partial charge in [-0.15, -0.1) is 0 Å². The molecule has 3 rings (SSSR count). The number of ether oxygens (including phenoxy) is 1. The molecule has 0 unspecified atom stereocenters. The molecule has 1 aliphatic carbocycles. The van der Waals surface area contributed by atoms with Gasteiger partial charge in [-0.2, -0.15) is 0 Å². The van der Waals surface area contributed by atoms with Crippen molar-refractivity contribution in [3.8, 4) is 0 Å². The van der Waals surface area contributed by atoms with Crippen LogP contribution < -0.4 is 10.6 Å². The van der Waals surface area contributed by atoms with E-state index in [0.717, 1.165) is 17.7 Å². The monoisotopic (exact) mass is 377 g/mol. The zero-order valence-corrected chi connectivity index (χ0v) is 15.0. The number of nitrogens with one attached hydrogen (secondary N) is 2. The molecule has 1 aromatic rings. The fourth-order valence-corrected chi connectivity index (χ4v) is 2.99. The van der Waals surface area contributed by atoms with Crippen molar-refractivity contribution in [2.75, 3.05) is 11.9 Å². The summed E-state index contributed by atoms with van der Waals surface area (Å²) >= 11 is 0. The quantitative estimate of drug-likeness (QED) is 0.576. The molecule has 1 aliphatic heterocycles. The SMILES string of the molecule is C[C@H](OC(=O)CN1C(=O)N[C@](C)(C2CC2)C1=O)C(=O)Nc1ccc(F)cc1. The third-order valence-corrected chi connectivity index (χ3v) is 4.77. The molecular formula is C18H20FN3O5. The van der Waals surface area contributed by atoms with Crippen LogP contribution in [0.2, 0.25) is 0 Å². The second-order valence-corrected chi connectivity index (χ2v) is 6.93. The van der Waals surface area contributed by atoms with E-state index >= 15 is 0 Å². The van der Waals surface area contributed by atoms with Crippen LogP contribution in [0.5, 0.6) is 0 Å². The summed E-state index contributed by atoms with van der Waals surface area (Å²) in [7, 11) is 0.